The Morgan fingerprint density at radius 2 is 1.93 bits per heavy atom. The van der Waals surface area contributed by atoms with Gasteiger partial charge in [0.1, 0.15) is 23.9 Å². The number of fused-ring (bicyclic) bond motifs is 1. The van der Waals surface area contributed by atoms with Crippen molar-refractivity contribution >= 4 is 27.1 Å². The van der Waals surface area contributed by atoms with Crippen molar-refractivity contribution in [1.82, 2.24) is 20.3 Å². The van der Waals surface area contributed by atoms with E-state index >= 15 is 0 Å². The summed E-state index contributed by atoms with van der Waals surface area (Å²) in [7, 11) is 1.69. The van der Waals surface area contributed by atoms with Crippen LogP contribution in [0.15, 0.2) is 65.3 Å². The average Bonchev–Trinajstić information content (AvgIpc) is 3.17. The summed E-state index contributed by atoms with van der Waals surface area (Å²) in [6.07, 6.45) is 1.74. The van der Waals surface area contributed by atoms with Crippen molar-refractivity contribution in [2.45, 2.75) is 6.54 Å². The first kappa shape index (κ1) is 19.4. The van der Waals surface area contributed by atoms with Gasteiger partial charge in [0.2, 0.25) is 0 Å². The fraction of sp³-hybridized carbons (Fsp3) is 0.182. The molecule has 0 radical (unpaired) electrons. The minimum Gasteiger partial charge on any atom is -0.496 e. The van der Waals surface area contributed by atoms with Crippen LogP contribution >= 0.6 is 15.9 Å². The number of aromatic nitrogens is 3. The van der Waals surface area contributed by atoms with E-state index in [9.17, 15) is 0 Å². The van der Waals surface area contributed by atoms with Crippen LogP contribution in [0.2, 0.25) is 0 Å². The maximum Gasteiger partial charge on any atom is 0.178 e. The van der Waals surface area contributed by atoms with Crippen LogP contribution in [0.4, 0.5) is 0 Å². The molecule has 0 saturated heterocycles. The Morgan fingerprint density at radius 1 is 1.10 bits per heavy atom. The number of hydrogen-bond acceptors (Lipinski definition) is 5. The van der Waals surface area contributed by atoms with Gasteiger partial charge in [-0.3, -0.25) is 0 Å². The molecule has 148 valence electrons. The van der Waals surface area contributed by atoms with E-state index in [0.717, 1.165) is 51.5 Å². The highest BCUT2D eigenvalue weighted by Gasteiger charge is 2.07. The summed E-state index contributed by atoms with van der Waals surface area (Å²) in [5.74, 6) is 2.50. The molecule has 2 heterocycles. The SMILES string of the molecule is COc1ccccc1CNCCOc1ccc(-c2nc3ncc(Br)cc3[nH]2)cc1. The summed E-state index contributed by atoms with van der Waals surface area (Å²) in [6, 6.07) is 17.8. The molecule has 4 aromatic rings. The Labute approximate surface area is 177 Å². The number of benzene rings is 2. The maximum atomic E-state index is 5.82. The number of para-hydroxylation sites is 1. The molecular formula is C22H21BrN4O2. The zero-order valence-corrected chi connectivity index (χ0v) is 17.6. The first-order chi connectivity index (χ1) is 14.2. The van der Waals surface area contributed by atoms with Crippen LogP contribution in [0, 0.1) is 0 Å². The second-order valence-corrected chi connectivity index (χ2v) is 7.39. The van der Waals surface area contributed by atoms with E-state index in [1.165, 1.54) is 0 Å². The van der Waals surface area contributed by atoms with Crippen LogP contribution < -0.4 is 14.8 Å². The molecule has 29 heavy (non-hydrogen) atoms. The third-order valence-electron chi connectivity index (χ3n) is 4.49. The van der Waals surface area contributed by atoms with Gasteiger partial charge in [0, 0.05) is 34.9 Å². The highest BCUT2D eigenvalue weighted by Crippen LogP contribution is 2.23. The third-order valence-corrected chi connectivity index (χ3v) is 4.92. The smallest absolute Gasteiger partial charge is 0.178 e. The molecule has 7 heteroatoms. The molecule has 0 amide bonds. The van der Waals surface area contributed by atoms with E-state index in [1.54, 1.807) is 13.3 Å². The molecule has 0 aliphatic heterocycles. The molecule has 6 nitrogen and oxygen atoms in total. The van der Waals surface area contributed by atoms with Gasteiger partial charge in [-0.05, 0) is 52.3 Å². The van der Waals surface area contributed by atoms with Crippen LogP contribution in [-0.2, 0) is 6.54 Å². The molecule has 0 fully saturated rings. The van der Waals surface area contributed by atoms with E-state index in [-0.39, 0.29) is 0 Å². The lowest BCUT2D eigenvalue weighted by molar-refractivity contribution is 0.313. The number of nitrogens with one attached hydrogen (secondary N) is 2. The summed E-state index contributed by atoms with van der Waals surface area (Å²) in [4.78, 5) is 12.1. The highest BCUT2D eigenvalue weighted by molar-refractivity contribution is 9.10. The Hall–Kier alpha value is -2.90. The van der Waals surface area contributed by atoms with Gasteiger partial charge in [-0.2, -0.15) is 0 Å². The van der Waals surface area contributed by atoms with Crippen molar-refractivity contribution in [3.05, 3.63) is 70.8 Å². The molecule has 4 rings (SSSR count). The fourth-order valence-corrected chi connectivity index (χ4v) is 3.36. The monoisotopic (exact) mass is 452 g/mol. The van der Waals surface area contributed by atoms with Gasteiger partial charge < -0.3 is 19.8 Å². The van der Waals surface area contributed by atoms with Crippen LogP contribution in [0.25, 0.3) is 22.6 Å². The summed E-state index contributed by atoms with van der Waals surface area (Å²) < 4.78 is 12.1. The number of pyridine rings is 1. The first-order valence-corrected chi connectivity index (χ1v) is 10.1. The second kappa shape index (κ2) is 9.07. The Kier molecular flexibility index (Phi) is 6.07. The number of imidazole rings is 1. The zero-order chi connectivity index (χ0) is 20.1. The number of halogens is 1. The molecule has 2 aromatic heterocycles. The topological polar surface area (TPSA) is 72.1 Å². The van der Waals surface area contributed by atoms with Crippen molar-refractivity contribution in [2.75, 3.05) is 20.3 Å². The summed E-state index contributed by atoms with van der Waals surface area (Å²) in [6.45, 7) is 2.06. The van der Waals surface area contributed by atoms with Crippen molar-refractivity contribution < 1.29 is 9.47 Å². The highest BCUT2D eigenvalue weighted by atomic mass is 79.9. The number of H-pyrrole nitrogens is 1. The van der Waals surface area contributed by atoms with Gasteiger partial charge in [-0.15, -0.1) is 0 Å². The fourth-order valence-electron chi connectivity index (χ4n) is 3.03. The normalized spacial score (nSPS) is 11.0. The quantitative estimate of drug-likeness (QED) is 0.383. The van der Waals surface area contributed by atoms with Gasteiger partial charge in [0.25, 0.3) is 0 Å². The zero-order valence-electron chi connectivity index (χ0n) is 16.0. The van der Waals surface area contributed by atoms with E-state index in [0.29, 0.717) is 12.3 Å². The van der Waals surface area contributed by atoms with Gasteiger partial charge in [0.05, 0.1) is 12.6 Å². The van der Waals surface area contributed by atoms with Crippen LogP contribution in [0.5, 0.6) is 11.5 Å². The summed E-state index contributed by atoms with van der Waals surface area (Å²) >= 11 is 3.42. The predicted molar refractivity (Wildman–Crippen MR) is 117 cm³/mol. The lowest BCUT2D eigenvalue weighted by Gasteiger charge is -2.10. The maximum absolute atomic E-state index is 5.82. The standard InChI is InChI=1S/C22H21BrN4O2/c1-28-20-5-3-2-4-16(20)13-24-10-11-29-18-8-6-15(7-9-18)21-26-19-12-17(23)14-25-22(19)27-21/h2-9,12,14,24H,10-11,13H2,1H3,(H,25,26,27). The Balaban J connectivity index is 1.29. The van der Waals surface area contributed by atoms with Crippen molar-refractivity contribution in [3.8, 4) is 22.9 Å². The predicted octanol–water partition coefficient (Wildman–Crippen LogP) is 4.56. The number of ether oxygens (including phenoxy) is 2. The second-order valence-electron chi connectivity index (χ2n) is 6.47. The molecule has 2 aromatic carbocycles. The third kappa shape index (κ3) is 4.75. The molecule has 0 aliphatic carbocycles. The molecule has 0 unspecified atom stereocenters. The number of nitrogens with zero attached hydrogens (tertiary/aromatic N) is 2. The minimum atomic E-state index is 0.580. The van der Waals surface area contributed by atoms with Crippen LogP contribution in [0.1, 0.15) is 5.56 Å². The van der Waals surface area contributed by atoms with E-state index in [4.69, 9.17) is 9.47 Å². The first-order valence-electron chi connectivity index (χ1n) is 9.30. The largest absolute Gasteiger partial charge is 0.496 e. The lowest BCUT2D eigenvalue weighted by Crippen LogP contribution is -2.20. The molecular weight excluding hydrogens is 432 g/mol. The van der Waals surface area contributed by atoms with Gasteiger partial charge in [-0.25, -0.2) is 9.97 Å². The van der Waals surface area contributed by atoms with Crippen molar-refractivity contribution in [1.29, 1.82) is 0 Å². The minimum absolute atomic E-state index is 0.580. The molecule has 0 saturated carbocycles. The average molecular weight is 453 g/mol. The van der Waals surface area contributed by atoms with Gasteiger partial charge >= 0.3 is 0 Å². The lowest BCUT2D eigenvalue weighted by atomic mass is 10.2. The Morgan fingerprint density at radius 3 is 2.76 bits per heavy atom. The summed E-state index contributed by atoms with van der Waals surface area (Å²) in [5, 5.41) is 3.37. The molecule has 2 N–H and O–H groups in total. The molecule has 0 spiro atoms. The van der Waals surface area contributed by atoms with Crippen LogP contribution in [0.3, 0.4) is 0 Å². The summed E-state index contributed by atoms with van der Waals surface area (Å²) in [5.41, 5.74) is 3.72. The molecule has 0 aliphatic rings. The number of aromatic amines is 1. The number of methoxy groups -OCH3 is 1. The van der Waals surface area contributed by atoms with Gasteiger partial charge in [0.15, 0.2) is 5.65 Å². The molecule has 0 atom stereocenters. The van der Waals surface area contributed by atoms with Crippen molar-refractivity contribution in [3.63, 3.8) is 0 Å². The van der Waals surface area contributed by atoms with Crippen molar-refractivity contribution in [2.24, 2.45) is 0 Å². The van der Waals surface area contributed by atoms with Gasteiger partial charge in [-0.1, -0.05) is 18.2 Å². The Bertz CT molecular complexity index is 1100. The van der Waals surface area contributed by atoms with E-state index in [1.807, 2.05) is 48.5 Å². The van der Waals surface area contributed by atoms with Crippen LogP contribution in [-0.4, -0.2) is 35.2 Å². The number of rotatable bonds is 8. The van der Waals surface area contributed by atoms with E-state index < -0.39 is 0 Å². The van der Waals surface area contributed by atoms with E-state index in [2.05, 4.69) is 42.3 Å². The number of hydrogen-bond donors (Lipinski definition) is 2. The molecule has 0 bridgehead atoms.